The first-order chi connectivity index (χ1) is 11.5. The predicted molar refractivity (Wildman–Crippen MR) is 91.2 cm³/mol. The number of nitrogens with zero attached hydrogens (tertiary/aromatic N) is 3. The Morgan fingerprint density at radius 3 is 2.79 bits per heavy atom. The zero-order valence-electron chi connectivity index (χ0n) is 13.4. The average Bonchev–Trinajstić information content (AvgIpc) is 2.98. The van der Waals surface area contributed by atoms with Gasteiger partial charge in [-0.2, -0.15) is 5.26 Å². The van der Waals surface area contributed by atoms with Crippen LogP contribution in [0, 0.1) is 28.4 Å². The van der Waals surface area contributed by atoms with E-state index in [1.165, 1.54) is 24.5 Å². The van der Waals surface area contributed by atoms with Gasteiger partial charge in [0.15, 0.2) is 5.75 Å². The number of nitro groups is 1. The van der Waals surface area contributed by atoms with Crippen LogP contribution in [0.25, 0.3) is 11.6 Å². The van der Waals surface area contributed by atoms with Crippen molar-refractivity contribution in [1.82, 2.24) is 4.98 Å². The molecular weight excluding hydrogens is 330 g/mol. The molecule has 0 bridgehead atoms. The Hall–Kier alpha value is -2.92. The van der Waals surface area contributed by atoms with Crippen LogP contribution < -0.4 is 9.47 Å². The Kier molecular flexibility index (Phi) is 5.50. The average molecular weight is 345 g/mol. The monoisotopic (exact) mass is 345 g/mol. The van der Waals surface area contributed by atoms with Gasteiger partial charge in [0.1, 0.15) is 11.1 Å². The van der Waals surface area contributed by atoms with Crippen molar-refractivity contribution in [1.29, 1.82) is 5.26 Å². The summed E-state index contributed by atoms with van der Waals surface area (Å²) in [6.45, 7) is 3.94. The standard InChI is InChI=1S/C16H15N3O4S/c1-4-23-14-7-11(6-13(19(20)21)15(14)22-3)5-12(8-17)16-18-10(2)9-24-16/h5-7,9H,4H2,1-3H3/b12-5-. The third kappa shape index (κ3) is 3.70. The first kappa shape index (κ1) is 17.4. The van der Waals surface area contributed by atoms with Crippen LogP contribution >= 0.6 is 11.3 Å². The van der Waals surface area contributed by atoms with E-state index in [1.54, 1.807) is 19.1 Å². The van der Waals surface area contributed by atoms with E-state index in [0.29, 0.717) is 22.8 Å². The minimum Gasteiger partial charge on any atom is -0.490 e. The fourth-order valence-corrected chi connectivity index (χ4v) is 2.84. The highest BCUT2D eigenvalue weighted by Crippen LogP contribution is 2.39. The van der Waals surface area contributed by atoms with Crippen molar-refractivity contribution in [2.24, 2.45) is 0 Å². The molecular formula is C16H15N3O4S. The molecule has 0 fully saturated rings. The van der Waals surface area contributed by atoms with Crippen LogP contribution in [0.2, 0.25) is 0 Å². The zero-order chi connectivity index (χ0) is 17.7. The first-order valence-corrected chi connectivity index (χ1v) is 7.91. The lowest BCUT2D eigenvalue weighted by atomic mass is 10.1. The molecule has 1 aromatic carbocycles. The van der Waals surface area contributed by atoms with Crippen LogP contribution in [0.1, 0.15) is 23.2 Å². The van der Waals surface area contributed by atoms with Crippen molar-refractivity contribution in [3.8, 4) is 17.6 Å². The summed E-state index contributed by atoms with van der Waals surface area (Å²) < 4.78 is 10.5. The zero-order valence-corrected chi connectivity index (χ0v) is 14.2. The second-order valence-electron chi connectivity index (χ2n) is 4.73. The van der Waals surface area contributed by atoms with E-state index in [0.717, 1.165) is 5.69 Å². The number of rotatable bonds is 6. The summed E-state index contributed by atoms with van der Waals surface area (Å²) >= 11 is 1.34. The van der Waals surface area contributed by atoms with Gasteiger partial charge < -0.3 is 9.47 Å². The summed E-state index contributed by atoms with van der Waals surface area (Å²) in [7, 11) is 1.35. The number of hydrogen-bond acceptors (Lipinski definition) is 7. The molecule has 8 heteroatoms. The summed E-state index contributed by atoms with van der Waals surface area (Å²) in [5, 5.41) is 23.0. The summed E-state index contributed by atoms with van der Waals surface area (Å²) in [5.74, 6) is 0.315. The Balaban J connectivity index is 2.59. The Bertz CT molecular complexity index is 836. The second-order valence-corrected chi connectivity index (χ2v) is 5.58. The first-order valence-electron chi connectivity index (χ1n) is 7.03. The van der Waals surface area contributed by atoms with Crippen molar-refractivity contribution in [3.05, 3.63) is 43.9 Å². The lowest BCUT2D eigenvalue weighted by molar-refractivity contribution is -0.385. The summed E-state index contributed by atoms with van der Waals surface area (Å²) in [5.41, 5.74) is 1.39. The number of nitriles is 1. The van der Waals surface area contributed by atoms with Crippen LogP contribution in [0.5, 0.6) is 11.5 Å². The van der Waals surface area contributed by atoms with Crippen molar-refractivity contribution < 1.29 is 14.4 Å². The minimum absolute atomic E-state index is 0.0580. The van der Waals surface area contributed by atoms with Gasteiger partial charge in [-0.05, 0) is 31.6 Å². The molecule has 0 spiro atoms. The maximum absolute atomic E-state index is 11.3. The lowest BCUT2D eigenvalue weighted by Crippen LogP contribution is -2.00. The SMILES string of the molecule is CCOc1cc(/C=C(/C#N)c2nc(C)cs2)cc([N+](=O)[O-])c1OC. The number of methoxy groups -OCH3 is 1. The molecule has 2 rings (SSSR count). The van der Waals surface area contributed by atoms with Crippen LogP contribution in [0.4, 0.5) is 5.69 Å². The quantitative estimate of drug-likeness (QED) is 0.448. The molecule has 0 N–H and O–H groups in total. The largest absolute Gasteiger partial charge is 0.490 e. The van der Waals surface area contributed by atoms with Crippen molar-refractivity contribution in [3.63, 3.8) is 0 Å². The van der Waals surface area contributed by atoms with Crippen molar-refractivity contribution in [2.75, 3.05) is 13.7 Å². The normalized spacial score (nSPS) is 11.0. The number of hydrogen-bond donors (Lipinski definition) is 0. The van der Waals surface area contributed by atoms with E-state index < -0.39 is 4.92 Å². The maximum Gasteiger partial charge on any atom is 0.315 e. The molecule has 124 valence electrons. The van der Waals surface area contributed by atoms with E-state index in [2.05, 4.69) is 11.1 Å². The van der Waals surface area contributed by atoms with Crippen LogP contribution in [-0.4, -0.2) is 23.6 Å². The number of aromatic nitrogens is 1. The minimum atomic E-state index is -0.543. The highest BCUT2D eigenvalue weighted by atomic mass is 32.1. The highest BCUT2D eigenvalue weighted by molar-refractivity contribution is 7.11. The molecule has 0 amide bonds. The molecule has 2 aromatic rings. The summed E-state index contributed by atoms with van der Waals surface area (Å²) in [4.78, 5) is 15.0. The smallest absolute Gasteiger partial charge is 0.315 e. The van der Waals surface area contributed by atoms with Crippen LogP contribution in [0.3, 0.4) is 0 Å². The molecule has 0 radical (unpaired) electrons. The van der Waals surface area contributed by atoms with E-state index in [4.69, 9.17) is 9.47 Å². The molecule has 24 heavy (non-hydrogen) atoms. The number of nitro benzene ring substituents is 1. The molecule has 7 nitrogen and oxygen atoms in total. The second kappa shape index (κ2) is 7.57. The van der Waals surface area contributed by atoms with Gasteiger partial charge in [0, 0.05) is 17.1 Å². The highest BCUT2D eigenvalue weighted by Gasteiger charge is 2.21. The third-order valence-corrected chi connectivity index (χ3v) is 4.03. The van der Waals surface area contributed by atoms with E-state index in [1.807, 2.05) is 12.3 Å². The fourth-order valence-electron chi connectivity index (χ4n) is 2.08. The van der Waals surface area contributed by atoms with E-state index in [-0.39, 0.29) is 17.2 Å². The van der Waals surface area contributed by atoms with Gasteiger partial charge in [0.25, 0.3) is 0 Å². The summed E-state index contributed by atoms with van der Waals surface area (Å²) in [6, 6.07) is 5.03. The van der Waals surface area contributed by atoms with Gasteiger partial charge >= 0.3 is 5.69 Å². The molecule has 0 saturated heterocycles. The van der Waals surface area contributed by atoms with Gasteiger partial charge in [0.05, 0.1) is 24.2 Å². The Morgan fingerprint density at radius 2 is 2.29 bits per heavy atom. The van der Waals surface area contributed by atoms with Crippen molar-refractivity contribution >= 4 is 28.7 Å². The fraction of sp³-hybridized carbons (Fsp3) is 0.250. The molecule has 1 heterocycles. The summed E-state index contributed by atoms with van der Waals surface area (Å²) in [6.07, 6.45) is 1.55. The van der Waals surface area contributed by atoms with Gasteiger partial charge in [-0.3, -0.25) is 10.1 Å². The van der Waals surface area contributed by atoms with Gasteiger partial charge in [0.2, 0.25) is 5.75 Å². The number of ether oxygens (including phenoxy) is 2. The number of allylic oxidation sites excluding steroid dienone is 1. The predicted octanol–water partition coefficient (Wildman–Crippen LogP) is 3.83. The topological polar surface area (TPSA) is 98.3 Å². The van der Waals surface area contributed by atoms with Gasteiger partial charge in [-0.15, -0.1) is 11.3 Å². The molecule has 0 aliphatic carbocycles. The Labute approximate surface area is 142 Å². The van der Waals surface area contributed by atoms with Crippen LogP contribution in [-0.2, 0) is 0 Å². The Morgan fingerprint density at radius 1 is 1.54 bits per heavy atom. The molecule has 0 atom stereocenters. The van der Waals surface area contributed by atoms with Crippen LogP contribution in [0.15, 0.2) is 17.5 Å². The van der Waals surface area contributed by atoms with Crippen molar-refractivity contribution in [2.45, 2.75) is 13.8 Å². The molecule has 1 aromatic heterocycles. The molecule has 0 aliphatic rings. The molecule has 0 aliphatic heterocycles. The number of aryl methyl sites for hydroxylation is 1. The maximum atomic E-state index is 11.3. The third-order valence-electron chi connectivity index (χ3n) is 3.04. The molecule has 0 saturated carbocycles. The van der Waals surface area contributed by atoms with E-state index >= 15 is 0 Å². The number of benzene rings is 1. The number of thiazole rings is 1. The lowest BCUT2D eigenvalue weighted by Gasteiger charge is -2.10. The van der Waals surface area contributed by atoms with Gasteiger partial charge in [-0.1, -0.05) is 0 Å². The van der Waals surface area contributed by atoms with E-state index in [9.17, 15) is 15.4 Å². The molecule has 0 unspecified atom stereocenters. The van der Waals surface area contributed by atoms with Gasteiger partial charge in [-0.25, -0.2) is 4.98 Å².